The summed E-state index contributed by atoms with van der Waals surface area (Å²) in [4.78, 5) is 8.82. The van der Waals surface area contributed by atoms with Crippen LogP contribution in [0.4, 0.5) is 5.82 Å². The van der Waals surface area contributed by atoms with Crippen LogP contribution in [-0.2, 0) is 0 Å². The van der Waals surface area contributed by atoms with Crippen molar-refractivity contribution < 1.29 is 9.47 Å². The van der Waals surface area contributed by atoms with Crippen molar-refractivity contribution in [3.63, 3.8) is 0 Å². The fourth-order valence-electron chi connectivity index (χ4n) is 1.90. The van der Waals surface area contributed by atoms with Crippen LogP contribution >= 0.6 is 0 Å². The predicted molar refractivity (Wildman–Crippen MR) is 79.4 cm³/mol. The average molecular weight is 273 g/mol. The van der Waals surface area contributed by atoms with Gasteiger partial charge in [0.1, 0.15) is 5.82 Å². The van der Waals surface area contributed by atoms with Crippen molar-refractivity contribution in [3.8, 4) is 22.9 Å². The van der Waals surface area contributed by atoms with E-state index in [-0.39, 0.29) is 0 Å². The minimum Gasteiger partial charge on any atom is -0.493 e. The molecule has 5 heteroatoms. The fraction of sp³-hybridized carbons (Fsp3) is 0.333. The maximum absolute atomic E-state index is 5.42. The number of nitrogens with zero attached hydrogens (tertiary/aromatic N) is 2. The van der Waals surface area contributed by atoms with E-state index in [0.717, 1.165) is 24.3 Å². The Bertz CT molecular complexity index is 573. The monoisotopic (exact) mass is 273 g/mol. The van der Waals surface area contributed by atoms with Gasteiger partial charge in [0.25, 0.3) is 0 Å². The normalized spacial score (nSPS) is 10.2. The highest BCUT2D eigenvalue weighted by Gasteiger charge is 2.13. The summed E-state index contributed by atoms with van der Waals surface area (Å²) in [7, 11) is 3.22. The van der Waals surface area contributed by atoms with Crippen LogP contribution < -0.4 is 14.8 Å². The Labute approximate surface area is 119 Å². The van der Waals surface area contributed by atoms with Gasteiger partial charge in [-0.1, -0.05) is 13.0 Å². The molecule has 5 nitrogen and oxygen atoms in total. The Hall–Kier alpha value is -2.30. The van der Waals surface area contributed by atoms with Gasteiger partial charge >= 0.3 is 0 Å². The van der Waals surface area contributed by atoms with E-state index in [1.54, 1.807) is 20.4 Å². The molecule has 0 saturated carbocycles. The smallest absolute Gasteiger partial charge is 0.171 e. The Morgan fingerprint density at radius 3 is 2.70 bits per heavy atom. The number of anilines is 1. The number of hydrogen-bond donors (Lipinski definition) is 1. The van der Waals surface area contributed by atoms with E-state index in [9.17, 15) is 0 Å². The predicted octanol–water partition coefficient (Wildman–Crippen LogP) is 2.98. The third-order valence-electron chi connectivity index (χ3n) is 2.86. The first-order chi connectivity index (χ1) is 9.80. The molecule has 0 spiro atoms. The van der Waals surface area contributed by atoms with E-state index in [2.05, 4.69) is 22.2 Å². The second-order valence-electron chi connectivity index (χ2n) is 4.23. The highest BCUT2D eigenvalue weighted by Crippen LogP contribution is 2.36. The summed E-state index contributed by atoms with van der Waals surface area (Å²) in [6.45, 7) is 2.99. The molecule has 1 aromatic heterocycles. The van der Waals surface area contributed by atoms with Gasteiger partial charge in [-0.2, -0.15) is 0 Å². The molecule has 0 bridgehead atoms. The number of para-hydroxylation sites is 1. The maximum atomic E-state index is 5.42. The molecule has 2 aromatic rings. The average Bonchev–Trinajstić information content (AvgIpc) is 2.52. The van der Waals surface area contributed by atoms with Crippen LogP contribution in [0.2, 0.25) is 0 Å². The second-order valence-corrected chi connectivity index (χ2v) is 4.23. The number of aromatic nitrogens is 2. The molecule has 0 atom stereocenters. The SMILES string of the molecule is CCCNc1ccnc(-c2cccc(OC)c2OC)n1. The summed E-state index contributed by atoms with van der Waals surface area (Å²) in [5.41, 5.74) is 0.812. The van der Waals surface area contributed by atoms with Crippen molar-refractivity contribution in [1.82, 2.24) is 9.97 Å². The molecule has 20 heavy (non-hydrogen) atoms. The summed E-state index contributed by atoms with van der Waals surface area (Å²) in [5.74, 6) is 2.73. The maximum Gasteiger partial charge on any atom is 0.171 e. The number of rotatable bonds is 6. The Morgan fingerprint density at radius 1 is 1.15 bits per heavy atom. The van der Waals surface area contributed by atoms with E-state index in [1.165, 1.54) is 0 Å². The fourth-order valence-corrected chi connectivity index (χ4v) is 1.90. The summed E-state index contributed by atoms with van der Waals surface area (Å²) in [6, 6.07) is 7.51. The van der Waals surface area contributed by atoms with Crippen molar-refractivity contribution in [2.24, 2.45) is 0 Å². The van der Waals surface area contributed by atoms with Gasteiger partial charge in [0.15, 0.2) is 17.3 Å². The molecular formula is C15H19N3O2. The zero-order valence-electron chi connectivity index (χ0n) is 12.0. The number of hydrogen-bond acceptors (Lipinski definition) is 5. The molecular weight excluding hydrogens is 254 g/mol. The van der Waals surface area contributed by atoms with Gasteiger partial charge in [-0.15, -0.1) is 0 Å². The van der Waals surface area contributed by atoms with Gasteiger partial charge in [-0.3, -0.25) is 0 Å². The van der Waals surface area contributed by atoms with Crippen LogP contribution in [0, 0.1) is 0 Å². The number of benzene rings is 1. The molecule has 0 fully saturated rings. The molecule has 0 unspecified atom stereocenters. The van der Waals surface area contributed by atoms with Crippen LogP contribution in [0.3, 0.4) is 0 Å². The lowest BCUT2D eigenvalue weighted by Crippen LogP contribution is -2.03. The molecule has 0 aliphatic heterocycles. The first kappa shape index (κ1) is 14.1. The Kier molecular flexibility index (Phi) is 4.76. The Morgan fingerprint density at radius 2 is 2.00 bits per heavy atom. The van der Waals surface area contributed by atoms with Gasteiger partial charge in [0.05, 0.1) is 19.8 Å². The lowest BCUT2D eigenvalue weighted by Gasteiger charge is -2.12. The van der Waals surface area contributed by atoms with E-state index in [1.807, 2.05) is 24.3 Å². The van der Waals surface area contributed by atoms with Gasteiger partial charge < -0.3 is 14.8 Å². The van der Waals surface area contributed by atoms with Crippen LogP contribution in [-0.4, -0.2) is 30.7 Å². The highest BCUT2D eigenvalue weighted by atomic mass is 16.5. The molecule has 0 aliphatic carbocycles. The lowest BCUT2D eigenvalue weighted by atomic mass is 10.1. The van der Waals surface area contributed by atoms with Crippen LogP contribution in [0.15, 0.2) is 30.5 Å². The molecule has 0 aliphatic rings. The molecule has 1 heterocycles. The summed E-state index contributed by atoms with van der Waals surface area (Å²) in [6.07, 6.45) is 2.78. The zero-order valence-corrected chi connectivity index (χ0v) is 12.0. The van der Waals surface area contributed by atoms with Crippen molar-refractivity contribution in [3.05, 3.63) is 30.5 Å². The minimum absolute atomic E-state index is 0.613. The summed E-state index contributed by atoms with van der Waals surface area (Å²) >= 11 is 0. The van der Waals surface area contributed by atoms with Crippen LogP contribution in [0.25, 0.3) is 11.4 Å². The van der Waals surface area contributed by atoms with Crippen molar-refractivity contribution >= 4 is 5.82 Å². The second kappa shape index (κ2) is 6.75. The van der Waals surface area contributed by atoms with Crippen molar-refractivity contribution in [2.45, 2.75) is 13.3 Å². The third-order valence-corrected chi connectivity index (χ3v) is 2.86. The molecule has 0 radical (unpaired) electrons. The summed E-state index contributed by atoms with van der Waals surface area (Å²) < 4.78 is 10.7. The Balaban J connectivity index is 2.40. The van der Waals surface area contributed by atoms with Crippen LogP contribution in [0.5, 0.6) is 11.5 Å². The molecule has 0 saturated heterocycles. The van der Waals surface area contributed by atoms with Crippen molar-refractivity contribution in [2.75, 3.05) is 26.1 Å². The van der Waals surface area contributed by atoms with E-state index >= 15 is 0 Å². The topological polar surface area (TPSA) is 56.3 Å². The highest BCUT2D eigenvalue weighted by molar-refractivity contribution is 5.69. The lowest BCUT2D eigenvalue weighted by molar-refractivity contribution is 0.356. The zero-order chi connectivity index (χ0) is 14.4. The molecule has 1 N–H and O–H groups in total. The molecule has 2 rings (SSSR count). The van der Waals surface area contributed by atoms with E-state index in [0.29, 0.717) is 17.3 Å². The quantitative estimate of drug-likeness (QED) is 0.876. The van der Waals surface area contributed by atoms with E-state index in [4.69, 9.17) is 9.47 Å². The number of nitrogens with one attached hydrogen (secondary N) is 1. The first-order valence-electron chi connectivity index (χ1n) is 6.58. The largest absolute Gasteiger partial charge is 0.493 e. The molecule has 0 amide bonds. The number of ether oxygens (including phenoxy) is 2. The van der Waals surface area contributed by atoms with Crippen LogP contribution in [0.1, 0.15) is 13.3 Å². The van der Waals surface area contributed by atoms with Gasteiger partial charge in [-0.25, -0.2) is 9.97 Å². The third kappa shape index (κ3) is 2.99. The van der Waals surface area contributed by atoms with E-state index < -0.39 is 0 Å². The van der Waals surface area contributed by atoms with Gasteiger partial charge in [0, 0.05) is 12.7 Å². The number of methoxy groups -OCH3 is 2. The van der Waals surface area contributed by atoms with Gasteiger partial charge in [0.2, 0.25) is 0 Å². The minimum atomic E-state index is 0.613. The summed E-state index contributed by atoms with van der Waals surface area (Å²) in [5, 5.41) is 3.25. The first-order valence-corrected chi connectivity index (χ1v) is 6.58. The standard InChI is InChI=1S/C15H19N3O2/c1-4-9-16-13-8-10-17-15(18-13)11-6-5-7-12(19-2)14(11)20-3/h5-8,10H,4,9H2,1-3H3,(H,16,17,18). The van der Waals surface area contributed by atoms with Gasteiger partial charge in [-0.05, 0) is 24.6 Å². The molecule has 106 valence electrons. The van der Waals surface area contributed by atoms with Crippen molar-refractivity contribution in [1.29, 1.82) is 0 Å². The molecule has 1 aromatic carbocycles.